The Kier molecular flexibility index (Phi) is 3.87. The summed E-state index contributed by atoms with van der Waals surface area (Å²) in [5.74, 6) is 0.520. The number of ether oxygens (including phenoxy) is 1. The highest BCUT2D eigenvalue weighted by atomic mass is 79.9. The first-order valence-corrected chi connectivity index (χ1v) is 6.53. The quantitative estimate of drug-likeness (QED) is 0.907. The Morgan fingerprint density at radius 1 is 1.22 bits per heavy atom. The summed E-state index contributed by atoms with van der Waals surface area (Å²) in [6.45, 7) is 3.77. The minimum absolute atomic E-state index is 0.0525. The molecule has 3 nitrogen and oxygen atoms in total. The molecule has 18 heavy (non-hydrogen) atoms. The topological polar surface area (TPSA) is 38.3 Å². The number of carbonyl (C=O) groups is 1. The van der Waals surface area contributed by atoms with Gasteiger partial charge in [-0.2, -0.15) is 0 Å². The Labute approximate surface area is 114 Å². The molecule has 4 heteroatoms. The largest absolute Gasteiger partial charge is 0.412 e. The van der Waals surface area contributed by atoms with E-state index in [0.29, 0.717) is 5.75 Å². The summed E-state index contributed by atoms with van der Waals surface area (Å²) in [4.78, 5) is 11.6. The minimum atomic E-state index is -0.444. The minimum Gasteiger partial charge on any atom is -0.409 e. The number of hydrogen-bond acceptors (Lipinski definition) is 2. The van der Waals surface area contributed by atoms with Gasteiger partial charge in [0.1, 0.15) is 5.75 Å². The zero-order chi connectivity index (χ0) is 13.1. The number of amides is 1. The summed E-state index contributed by atoms with van der Waals surface area (Å²) in [7, 11) is 0. The predicted octanol–water partition coefficient (Wildman–Crippen LogP) is 4.10. The summed E-state index contributed by atoms with van der Waals surface area (Å²) >= 11 is 3.47. The SMILES string of the molecule is CC(C)NC(=O)Oc1ccc2ccccc2c1Br. The van der Waals surface area contributed by atoms with Crippen LogP contribution in [0.1, 0.15) is 13.8 Å². The standard InChI is InChI=1S/C14H14BrNO2/c1-9(2)16-14(17)18-12-8-7-10-5-3-4-6-11(10)13(12)15/h3-9H,1-2H3,(H,16,17). The molecule has 0 aliphatic carbocycles. The number of hydrogen-bond donors (Lipinski definition) is 1. The molecule has 0 fully saturated rings. The Morgan fingerprint density at radius 2 is 1.94 bits per heavy atom. The fraction of sp³-hybridized carbons (Fsp3) is 0.214. The fourth-order valence-corrected chi connectivity index (χ4v) is 2.23. The van der Waals surface area contributed by atoms with E-state index in [1.807, 2.05) is 44.2 Å². The first kappa shape index (κ1) is 12.9. The van der Waals surface area contributed by atoms with Crippen LogP contribution in [0.2, 0.25) is 0 Å². The van der Waals surface area contributed by atoms with Crippen molar-refractivity contribution in [2.24, 2.45) is 0 Å². The van der Waals surface area contributed by atoms with Crippen molar-refractivity contribution >= 4 is 32.8 Å². The lowest BCUT2D eigenvalue weighted by molar-refractivity contribution is 0.197. The van der Waals surface area contributed by atoms with Crippen molar-refractivity contribution in [2.75, 3.05) is 0 Å². The van der Waals surface area contributed by atoms with Crippen LogP contribution in [0.15, 0.2) is 40.9 Å². The van der Waals surface area contributed by atoms with Crippen LogP contribution < -0.4 is 10.1 Å². The zero-order valence-electron chi connectivity index (χ0n) is 10.2. The molecule has 2 aromatic rings. The van der Waals surface area contributed by atoms with Crippen LogP contribution in [0.4, 0.5) is 4.79 Å². The molecule has 1 amide bonds. The van der Waals surface area contributed by atoms with Gasteiger partial charge in [-0.25, -0.2) is 4.79 Å². The van der Waals surface area contributed by atoms with Crippen LogP contribution in [-0.2, 0) is 0 Å². The van der Waals surface area contributed by atoms with E-state index in [1.165, 1.54) is 0 Å². The molecule has 0 saturated heterocycles. The number of carbonyl (C=O) groups excluding carboxylic acids is 1. The van der Waals surface area contributed by atoms with Gasteiger partial charge >= 0.3 is 6.09 Å². The summed E-state index contributed by atoms with van der Waals surface area (Å²) < 4.78 is 6.06. The van der Waals surface area contributed by atoms with Gasteiger partial charge in [0.05, 0.1) is 4.47 Å². The smallest absolute Gasteiger partial charge is 0.409 e. The van der Waals surface area contributed by atoms with Crippen molar-refractivity contribution < 1.29 is 9.53 Å². The van der Waals surface area contributed by atoms with Gasteiger partial charge in [0.15, 0.2) is 0 Å². The molecule has 0 aliphatic heterocycles. The van der Waals surface area contributed by atoms with Crippen molar-refractivity contribution in [3.63, 3.8) is 0 Å². The van der Waals surface area contributed by atoms with Gasteiger partial charge in [0, 0.05) is 6.04 Å². The molecular weight excluding hydrogens is 294 g/mol. The molecule has 1 N–H and O–H groups in total. The fourth-order valence-electron chi connectivity index (χ4n) is 1.66. The summed E-state index contributed by atoms with van der Waals surface area (Å²) in [6, 6.07) is 11.7. The number of nitrogens with one attached hydrogen (secondary N) is 1. The molecule has 0 atom stereocenters. The van der Waals surface area contributed by atoms with Crippen molar-refractivity contribution in [1.29, 1.82) is 0 Å². The second-order valence-electron chi connectivity index (χ2n) is 4.29. The van der Waals surface area contributed by atoms with Crippen LogP contribution in [0.3, 0.4) is 0 Å². The summed E-state index contributed by atoms with van der Waals surface area (Å²) in [5.41, 5.74) is 0. The number of rotatable bonds is 2. The zero-order valence-corrected chi connectivity index (χ0v) is 11.8. The monoisotopic (exact) mass is 307 g/mol. The molecule has 0 spiro atoms. The number of halogens is 1. The predicted molar refractivity (Wildman–Crippen MR) is 75.9 cm³/mol. The summed E-state index contributed by atoms with van der Waals surface area (Å²) in [6.07, 6.45) is -0.444. The van der Waals surface area contributed by atoms with E-state index in [9.17, 15) is 4.79 Å². The summed E-state index contributed by atoms with van der Waals surface area (Å²) in [5, 5.41) is 4.80. The van der Waals surface area contributed by atoms with E-state index in [1.54, 1.807) is 6.07 Å². The van der Waals surface area contributed by atoms with Crippen molar-refractivity contribution in [3.05, 3.63) is 40.9 Å². The Morgan fingerprint density at radius 3 is 2.67 bits per heavy atom. The second-order valence-corrected chi connectivity index (χ2v) is 5.08. The van der Waals surface area contributed by atoms with E-state index in [2.05, 4.69) is 21.2 Å². The van der Waals surface area contributed by atoms with Crippen molar-refractivity contribution in [3.8, 4) is 5.75 Å². The van der Waals surface area contributed by atoms with Gasteiger partial charge in [0.2, 0.25) is 0 Å². The van der Waals surface area contributed by atoms with E-state index >= 15 is 0 Å². The molecule has 0 radical (unpaired) electrons. The molecule has 2 aromatic carbocycles. The molecule has 0 unspecified atom stereocenters. The van der Waals surface area contributed by atoms with Crippen LogP contribution in [0.5, 0.6) is 5.75 Å². The van der Waals surface area contributed by atoms with Gasteiger partial charge < -0.3 is 10.1 Å². The number of benzene rings is 2. The first-order valence-electron chi connectivity index (χ1n) is 5.73. The molecule has 0 heterocycles. The molecule has 0 bridgehead atoms. The van der Waals surface area contributed by atoms with Crippen molar-refractivity contribution in [1.82, 2.24) is 5.32 Å². The van der Waals surface area contributed by atoms with Gasteiger partial charge in [-0.3, -0.25) is 0 Å². The maximum absolute atomic E-state index is 11.6. The molecule has 94 valence electrons. The molecule has 0 aliphatic rings. The van der Waals surface area contributed by atoms with Crippen molar-refractivity contribution in [2.45, 2.75) is 19.9 Å². The Balaban J connectivity index is 2.29. The molecule has 0 aromatic heterocycles. The number of fused-ring (bicyclic) bond motifs is 1. The second kappa shape index (κ2) is 5.40. The molecular formula is C14H14BrNO2. The van der Waals surface area contributed by atoms with Crippen LogP contribution in [0, 0.1) is 0 Å². The highest BCUT2D eigenvalue weighted by Crippen LogP contribution is 2.33. The van der Waals surface area contributed by atoms with Gasteiger partial charge in [-0.05, 0) is 46.6 Å². The van der Waals surface area contributed by atoms with Gasteiger partial charge in [-0.15, -0.1) is 0 Å². The van der Waals surface area contributed by atoms with Crippen LogP contribution in [-0.4, -0.2) is 12.1 Å². The Bertz CT molecular complexity index is 581. The van der Waals surface area contributed by atoms with Gasteiger partial charge in [-0.1, -0.05) is 30.3 Å². The maximum Gasteiger partial charge on any atom is 0.412 e. The highest BCUT2D eigenvalue weighted by molar-refractivity contribution is 9.10. The molecule has 2 rings (SSSR count). The third-order valence-electron chi connectivity index (χ3n) is 2.44. The van der Waals surface area contributed by atoms with E-state index < -0.39 is 6.09 Å². The normalized spacial score (nSPS) is 10.7. The van der Waals surface area contributed by atoms with E-state index in [4.69, 9.17) is 4.74 Å². The van der Waals surface area contributed by atoms with E-state index in [0.717, 1.165) is 15.2 Å². The molecule has 0 saturated carbocycles. The first-order chi connectivity index (χ1) is 8.58. The van der Waals surface area contributed by atoms with E-state index in [-0.39, 0.29) is 6.04 Å². The highest BCUT2D eigenvalue weighted by Gasteiger charge is 2.10. The average molecular weight is 308 g/mol. The lowest BCUT2D eigenvalue weighted by Gasteiger charge is -2.11. The van der Waals surface area contributed by atoms with Crippen LogP contribution in [0.25, 0.3) is 10.8 Å². The Hall–Kier alpha value is -1.55. The van der Waals surface area contributed by atoms with Crippen LogP contribution >= 0.6 is 15.9 Å². The lowest BCUT2D eigenvalue weighted by Crippen LogP contribution is -2.32. The third-order valence-corrected chi connectivity index (χ3v) is 3.25. The lowest BCUT2D eigenvalue weighted by atomic mass is 10.1. The maximum atomic E-state index is 11.6. The third kappa shape index (κ3) is 2.82. The average Bonchev–Trinajstić information content (AvgIpc) is 2.32. The van der Waals surface area contributed by atoms with Gasteiger partial charge in [0.25, 0.3) is 0 Å².